The zero-order valence-corrected chi connectivity index (χ0v) is 17.5. The van der Waals surface area contributed by atoms with Crippen LogP contribution in [-0.4, -0.2) is 60.3 Å². The van der Waals surface area contributed by atoms with Crippen molar-refractivity contribution in [2.24, 2.45) is 0 Å². The van der Waals surface area contributed by atoms with Crippen LogP contribution < -0.4 is 8.92 Å². The van der Waals surface area contributed by atoms with Crippen LogP contribution in [0.5, 0.6) is 11.5 Å². The summed E-state index contributed by atoms with van der Waals surface area (Å²) in [6, 6.07) is 12.4. The average Bonchev–Trinajstić information content (AvgIpc) is 2.72. The first-order valence-electron chi connectivity index (χ1n) is 8.82. The van der Waals surface area contributed by atoms with Crippen LogP contribution >= 0.6 is 0 Å². The van der Waals surface area contributed by atoms with Crippen molar-refractivity contribution >= 4 is 16.0 Å². The van der Waals surface area contributed by atoms with E-state index in [1.807, 2.05) is 0 Å². The molecule has 0 aliphatic heterocycles. The van der Waals surface area contributed by atoms with E-state index in [1.165, 1.54) is 26.4 Å². The molecular formula is C20H25NO7S. The Labute approximate surface area is 171 Å². The molecule has 0 saturated carbocycles. The van der Waals surface area contributed by atoms with Crippen LogP contribution in [0.2, 0.25) is 0 Å². The first kappa shape index (κ1) is 22.7. The highest BCUT2D eigenvalue weighted by molar-refractivity contribution is 7.87. The van der Waals surface area contributed by atoms with Gasteiger partial charge in [0.05, 0.1) is 13.7 Å². The van der Waals surface area contributed by atoms with Gasteiger partial charge in [0.2, 0.25) is 5.91 Å². The number of hydrogen-bond donors (Lipinski definition) is 0. The van der Waals surface area contributed by atoms with Gasteiger partial charge in [-0.1, -0.05) is 12.1 Å². The number of carbonyl (C=O) groups is 1. The van der Waals surface area contributed by atoms with Gasteiger partial charge in [0.15, 0.2) is 0 Å². The van der Waals surface area contributed by atoms with Gasteiger partial charge in [0.25, 0.3) is 0 Å². The summed E-state index contributed by atoms with van der Waals surface area (Å²) >= 11 is 0. The Morgan fingerprint density at radius 2 is 1.52 bits per heavy atom. The third-order valence-electron chi connectivity index (χ3n) is 4.04. The molecule has 1 amide bonds. The Balaban J connectivity index is 2.06. The van der Waals surface area contributed by atoms with Gasteiger partial charge < -0.3 is 23.3 Å². The number of nitrogens with zero attached hydrogens (tertiary/aromatic N) is 1. The topological polar surface area (TPSA) is 91.4 Å². The molecule has 0 heterocycles. The normalized spacial score (nSPS) is 11.1. The van der Waals surface area contributed by atoms with E-state index >= 15 is 0 Å². The lowest BCUT2D eigenvalue weighted by Gasteiger charge is -2.22. The Hall–Kier alpha value is -2.62. The summed E-state index contributed by atoms with van der Waals surface area (Å²) in [5.74, 6) is 0.567. The van der Waals surface area contributed by atoms with Gasteiger partial charge in [-0.3, -0.25) is 4.79 Å². The predicted octanol–water partition coefficient (Wildman–Crippen LogP) is 2.08. The average molecular weight is 423 g/mol. The minimum atomic E-state index is -3.96. The summed E-state index contributed by atoms with van der Waals surface area (Å²) in [5, 5.41) is 0. The van der Waals surface area contributed by atoms with Crippen molar-refractivity contribution in [3.63, 3.8) is 0 Å². The second-order valence-corrected chi connectivity index (χ2v) is 7.64. The van der Waals surface area contributed by atoms with E-state index in [-0.39, 0.29) is 23.2 Å². The third kappa shape index (κ3) is 6.74. The maximum absolute atomic E-state index is 12.4. The van der Waals surface area contributed by atoms with Crippen molar-refractivity contribution in [3.05, 3.63) is 54.1 Å². The van der Waals surface area contributed by atoms with Crippen molar-refractivity contribution in [2.75, 3.05) is 41.1 Å². The van der Waals surface area contributed by atoms with Crippen LogP contribution in [-0.2, 0) is 30.9 Å². The van der Waals surface area contributed by atoms with Gasteiger partial charge in [0, 0.05) is 27.3 Å². The van der Waals surface area contributed by atoms with Crippen molar-refractivity contribution in [1.82, 2.24) is 4.90 Å². The number of rotatable bonds is 11. The van der Waals surface area contributed by atoms with Gasteiger partial charge in [-0.2, -0.15) is 8.42 Å². The zero-order chi connectivity index (χ0) is 21.3. The lowest BCUT2D eigenvalue weighted by Crippen LogP contribution is -2.35. The van der Waals surface area contributed by atoms with E-state index in [4.69, 9.17) is 18.4 Å². The van der Waals surface area contributed by atoms with Gasteiger partial charge in [-0.05, 0) is 42.0 Å². The maximum Gasteiger partial charge on any atom is 0.339 e. The quantitative estimate of drug-likeness (QED) is 0.511. The van der Waals surface area contributed by atoms with Crippen LogP contribution in [0.3, 0.4) is 0 Å². The van der Waals surface area contributed by atoms with Gasteiger partial charge >= 0.3 is 10.1 Å². The molecule has 0 unspecified atom stereocenters. The van der Waals surface area contributed by atoms with Crippen LogP contribution in [0, 0.1) is 0 Å². The molecule has 2 rings (SSSR count). The highest BCUT2D eigenvalue weighted by atomic mass is 32.2. The summed E-state index contributed by atoms with van der Waals surface area (Å²) in [7, 11) is 0.565. The lowest BCUT2D eigenvalue weighted by atomic mass is 10.2. The summed E-state index contributed by atoms with van der Waals surface area (Å²) in [5.41, 5.74) is 0.819. The van der Waals surface area contributed by atoms with E-state index in [2.05, 4.69) is 0 Å². The zero-order valence-electron chi connectivity index (χ0n) is 16.7. The summed E-state index contributed by atoms with van der Waals surface area (Å²) < 4.78 is 45.0. The van der Waals surface area contributed by atoms with E-state index in [1.54, 1.807) is 48.4 Å². The largest absolute Gasteiger partial charge is 0.497 e. The van der Waals surface area contributed by atoms with Crippen LogP contribution in [0.1, 0.15) is 5.56 Å². The number of ether oxygens (including phenoxy) is 3. The molecule has 2 aromatic rings. The second-order valence-electron chi connectivity index (χ2n) is 6.10. The van der Waals surface area contributed by atoms with Gasteiger partial charge in [-0.25, -0.2) is 0 Å². The Kier molecular flexibility index (Phi) is 8.44. The molecule has 0 saturated heterocycles. The van der Waals surface area contributed by atoms with Crippen LogP contribution in [0.15, 0.2) is 53.4 Å². The molecule has 0 spiro atoms. The molecule has 0 aliphatic rings. The van der Waals surface area contributed by atoms with Gasteiger partial charge in [-0.15, -0.1) is 0 Å². The van der Waals surface area contributed by atoms with E-state index < -0.39 is 10.1 Å². The molecule has 2 aromatic carbocycles. The maximum atomic E-state index is 12.4. The van der Waals surface area contributed by atoms with Crippen LogP contribution in [0.4, 0.5) is 0 Å². The highest BCUT2D eigenvalue weighted by Gasteiger charge is 2.17. The van der Waals surface area contributed by atoms with E-state index in [0.29, 0.717) is 25.4 Å². The fraction of sp³-hybridized carbons (Fsp3) is 0.350. The molecule has 0 aliphatic carbocycles. The molecule has 0 radical (unpaired) electrons. The molecule has 29 heavy (non-hydrogen) atoms. The Morgan fingerprint density at radius 3 is 2.07 bits per heavy atom. The van der Waals surface area contributed by atoms with Crippen molar-refractivity contribution < 1.29 is 31.6 Å². The molecule has 8 nitrogen and oxygen atoms in total. The summed E-state index contributed by atoms with van der Waals surface area (Å²) in [6.45, 7) is 1.14. The molecule has 0 bridgehead atoms. The molecule has 0 atom stereocenters. The Bertz CT molecular complexity index is 880. The standard InChI is InChI=1S/C20H25NO7S/c1-25-13-12-21(20(22)15-26-2)14-16-4-6-18(7-5-16)28-29(23,24)19-10-8-17(27-3)9-11-19/h4-11H,12-15H2,1-3H3. The molecule has 0 N–H and O–H groups in total. The molecule has 9 heteroatoms. The highest BCUT2D eigenvalue weighted by Crippen LogP contribution is 2.21. The minimum Gasteiger partial charge on any atom is -0.497 e. The lowest BCUT2D eigenvalue weighted by molar-refractivity contribution is -0.136. The SMILES string of the molecule is COCCN(Cc1ccc(OS(=O)(=O)c2ccc(OC)cc2)cc1)C(=O)COC. The first-order chi connectivity index (χ1) is 13.9. The molecular weight excluding hydrogens is 398 g/mol. The predicted molar refractivity (Wildman–Crippen MR) is 106 cm³/mol. The smallest absolute Gasteiger partial charge is 0.339 e. The van der Waals surface area contributed by atoms with Crippen molar-refractivity contribution in [1.29, 1.82) is 0 Å². The van der Waals surface area contributed by atoms with Gasteiger partial charge in [0.1, 0.15) is 23.0 Å². The number of benzene rings is 2. The summed E-state index contributed by atoms with van der Waals surface area (Å²) in [4.78, 5) is 13.8. The Morgan fingerprint density at radius 1 is 0.897 bits per heavy atom. The van der Waals surface area contributed by atoms with Crippen molar-refractivity contribution in [3.8, 4) is 11.5 Å². The fourth-order valence-electron chi connectivity index (χ4n) is 2.50. The number of carbonyl (C=O) groups excluding carboxylic acids is 1. The van der Waals surface area contributed by atoms with Crippen LogP contribution in [0.25, 0.3) is 0 Å². The summed E-state index contributed by atoms with van der Waals surface area (Å²) in [6.07, 6.45) is 0. The van der Waals surface area contributed by atoms with E-state index in [9.17, 15) is 13.2 Å². The number of amides is 1. The monoisotopic (exact) mass is 423 g/mol. The first-order valence-corrected chi connectivity index (χ1v) is 10.2. The molecule has 158 valence electrons. The second kappa shape index (κ2) is 10.8. The molecule has 0 fully saturated rings. The minimum absolute atomic E-state index is 0.0228. The van der Waals surface area contributed by atoms with E-state index in [0.717, 1.165) is 5.56 Å². The number of methoxy groups -OCH3 is 3. The fourth-order valence-corrected chi connectivity index (χ4v) is 3.43. The third-order valence-corrected chi connectivity index (χ3v) is 5.30. The van der Waals surface area contributed by atoms with Crippen molar-refractivity contribution in [2.45, 2.75) is 11.4 Å². The molecule has 0 aromatic heterocycles. The number of hydrogen-bond acceptors (Lipinski definition) is 7.